The number of alkyl halides is 1. The summed E-state index contributed by atoms with van der Waals surface area (Å²) in [6.45, 7) is 10.0. The summed E-state index contributed by atoms with van der Waals surface area (Å²) in [5, 5.41) is 14.1. The third-order valence-corrected chi connectivity index (χ3v) is 8.94. The summed E-state index contributed by atoms with van der Waals surface area (Å²) in [6, 6.07) is -0.575. The smallest absolute Gasteiger partial charge is 0.235 e. The van der Waals surface area contributed by atoms with Crippen LogP contribution in [0.1, 0.15) is 73.1 Å². The van der Waals surface area contributed by atoms with Crippen LogP contribution in [0, 0.1) is 17.8 Å². The number of halogens is 1. The molecule has 2 N–H and O–H groups in total. The molecule has 0 aromatic rings. The Hall–Kier alpha value is -0.940. The number of aliphatic hydroxyl groups is 1. The minimum atomic E-state index is -1.09. The molecule has 3 rings (SSSR count). The number of carbonyl (C=O) groups excluding carboxylic acids is 2. The average Bonchev–Trinajstić information content (AvgIpc) is 2.61. The predicted octanol–water partition coefficient (Wildman–Crippen LogP) is 3.34. The summed E-state index contributed by atoms with van der Waals surface area (Å²) in [5.74, 6) is 0.0801. The number of nitrogens with zero attached hydrogens (tertiary/aromatic N) is 1. The Balaban J connectivity index is 2.05. The first-order chi connectivity index (χ1) is 13.4. The first-order valence-electron chi connectivity index (χ1n) is 10.8. The zero-order chi connectivity index (χ0) is 21.7. The first-order valence-corrected chi connectivity index (χ1v) is 11.2. The van der Waals surface area contributed by atoms with Crippen molar-refractivity contribution in [2.24, 2.45) is 22.7 Å². The van der Waals surface area contributed by atoms with Gasteiger partial charge in [-0.2, -0.15) is 4.99 Å². The van der Waals surface area contributed by atoms with Gasteiger partial charge in [0.2, 0.25) is 12.5 Å². The maximum absolute atomic E-state index is 11.4. The molecule has 3 aliphatic rings. The molecule has 3 fully saturated rings. The van der Waals surface area contributed by atoms with E-state index in [0.717, 1.165) is 38.5 Å². The third-order valence-electron chi connectivity index (χ3n) is 8.20. The number of aliphatic imine (C=N–C) groups is 1. The fraction of sp³-hybridized carbons (Fsp3) is 0.909. The van der Waals surface area contributed by atoms with Crippen LogP contribution in [0.2, 0.25) is 0 Å². The van der Waals surface area contributed by atoms with Gasteiger partial charge in [0.25, 0.3) is 0 Å². The van der Waals surface area contributed by atoms with Crippen LogP contribution in [-0.2, 0) is 14.3 Å². The molecule has 1 saturated heterocycles. The van der Waals surface area contributed by atoms with E-state index in [1.807, 2.05) is 13.8 Å². The number of ether oxygens (including phenoxy) is 1. The van der Waals surface area contributed by atoms with E-state index in [9.17, 15) is 14.7 Å². The van der Waals surface area contributed by atoms with Crippen molar-refractivity contribution in [1.29, 1.82) is 0 Å². The fourth-order valence-corrected chi connectivity index (χ4v) is 6.70. The van der Waals surface area contributed by atoms with Crippen LogP contribution in [0.5, 0.6) is 0 Å². The summed E-state index contributed by atoms with van der Waals surface area (Å²) < 4.78 is 6.64. The number of hydrogen-bond donors (Lipinski definition) is 2. The largest absolute Gasteiger partial charge is 0.388 e. The summed E-state index contributed by atoms with van der Waals surface area (Å²) in [6.07, 6.45) is 7.06. The number of nitrogens with one attached hydrogen (secondary N) is 1. The molecule has 1 unspecified atom stereocenters. The molecular formula is C22H35ClN2O4. The molecule has 1 aliphatic heterocycles. The van der Waals surface area contributed by atoms with Crippen LogP contribution < -0.4 is 5.32 Å². The highest BCUT2D eigenvalue weighted by atomic mass is 35.5. The molecule has 29 heavy (non-hydrogen) atoms. The highest BCUT2D eigenvalue weighted by molar-refractivity contribution is 6.21. The quantitative estimate of drug-likeness (QED) is 0.312. The summed E-state index contributed by atoms with van der Waals surface area (Å²) in [4.78, 5) is 26.8. The van der Waals surface area contributed by atoms with Crippen molar-refractivity contribution in [3.63, 3.8) is 0 Å². The minimum absolute atomic E-state index is 0.0600. The van der Waals surface area contributed by atoms with E-state index in [0.29, 0.717) is 6.42 Å². The van der Waals surface area contributed by atoms with Gasteiger partial charge in [-0.05, 0) is 90.9 Å². The Morgan fingerprint density at radius 3 is 2.34 bits per heavy atom. The Labute approximate surface area is 178 Å². The lowest BCUT2D eigenvalue weighted by Crippen LogP contribution is -2.67. The number of hydrogen-bond acceptors (Lipinski definition) is 5. The number of rotatable bonds is 4. The van der Waals surface area contributed by atoms with Gasteiger partial charge >= 0.3 is 0 Å². The minimum Gasteiger partial charge on any atom is -0.388 e. The predicted molar refractivity (Wildman–Crippen MR) is 112 cm³/mol. The Morgan fingerprint density at radius 2 is 1.76 bits per heavy atom. The number of carbonyl (C=O) groups is 1. The third kappa shape index (κ3) is 3.89. The van der Waals surface area contributed by atoms with Crippen molar-refractivity contribution in [2.45, 2.75) is 107 Å². The molecule has 0 aromatic heterocycles. The maximum Gasteiger partial charge on any atom is 0.235 e. The maximum atomic E-state index is 11.4. The van der Waals surface area contributed by atoms with E-state index in [4.69, 9.17) is 16.3 Å². The van der Waals surface area contributed by atoms with Crippen LogP contribution in [0.15, 0.2) is 4.99 Å². The zero-order valence-corrected chi connectivity index (χ0v) is 19.0. The summed E-state index contributed by atoms with van der Waals surface area (Å²) >= 11 is 6.54. The van der Waals surface area contributed by atoms with Gasteiger partial charge in [-0.1, -0.05) is 0 Å². The molecule has 164 valence electrons. The van der Waals surface area contributed by atoms with Gasteiger partial charge in [0.15, 0.2) is 0 Å². The number of fused-ring (bicyclic) bond motifs is 1. The molecule has 2 saturated carbocycles. The van der Waals surface area contributed by atoms with Crippen LogP contribution in [-0.4, -0.2) is 51.4 Å². The first kappa shape index (κ1) is 22.7. The lowest BCUT2D eigenvalue weighted by molar-refractivity contribution is -0.221. The van der Waals surface area contributed by atoms with Gasteiger partial charge in [0.1, 0.15) is 0 Å². The molecule has 0 bridgehead atoms. The standard InChI is InChI=1S/C22H35ClN2O4/c1-19(2)16(23)8-11-22(5,29-19)15-6-9-20(3,25-13-27)14-7-10-21(4,28)18(17(14)15)24-12-26/h13-18,28H,6-11H2,1-5H3,(H,25,27)/t14-,15-,16-,17?,18+,20-,21+,22+/m0/s1. The molecule has 2 aliphatic carbocycles. The van der Waals surface area contributed by atoms with E-state index in [2.05, 4.69) is 24.2 Å². The van der Waals surface area contributed by atoms with E-state index in [-0.39, 0.29) is 23.1 Å². The molecule has 0 aromatic carbocycles. The Bertz CT molecular complexity index is 692. The average molecular weight is 427 g/mol. The SMILES string of the molecule is CC1(C)O[C@@](C)([C@H]2CC[C@](C)(NC=O)[C@H]3CC[C@@](C)(O)[C@H](N=C=O)C23)CC[C@@H]1Cl. The van der Waals surface area contributed by atoms with Crippen LogP contribution in [0.4, 0.5) is 0 Å². The van der Waals surface area contributed by atoms with E-state index in [1.165, 1.54) is 0 Å². The fourth-order valence-electron chi connectivity index (χ4n) is 6.55. The lowest BCUT2D eigenvalue weighted by atomic mass is 9.51. The van der Waals surface area contributed by atoms with Gasteiger partial charge in [0.05, 0.1) is 28.2 Å². The molecule has 7 heteroatoms. The van der Waals surface area contributed by atoms with Crippen molar-refractivity contribution in [2.75, 3.05) is 0 Å². The topological polar surface area (TPSA) is 88.0 Å². The number of amides is 1. The van der Waals surface area contributed by atoms with Crippen molar-refractivity contribution < 1.29 is 19.4 Å². The molecule has 0 radical (unpaired) electrons. The van der Waals surface area contributed by atoms with Crippen LogP contribution >= 0.6 is 11.6 Å². The highest BCUT2D eigenvalue weighted by Crippen LogP contribution is 2.57. The lowest BCUT2D eigenvalue weighted by Gasteiger charge is -2.61. The van der Waals surface area contributed by atoms with Crippen molar-refractivity contribution in [3.05, 3.63) is 0 Å². The van der Waals surface area contributed by atoms with Crippen LogP contribution in [0.3, 0.4) is 0 Å². The van der Waals surface area contributed by atoms with E-state index in [1.54, 1.807) is 13.0 Å². The van der Waals surface area contributed by atoms with Gasteiger partial charge in [-0.15, -0.1) is 11.6 Å². The van der Waals surface area contributed by atoms with Gasteiger partial charge in [-0.3, -0.25) is 4.79 Å². The van der Waals surface area contributed by atoms with E-state index < -0.39 is 28.4 Å². The molecular weight excluding hydrogens is 392 g/mol. The molecule has 8 atom stereocenters. The normalized spacial score (nSPS) is 49.4. The zero-order valence-electron chi connectivity index (χ0n) is 18.2. The monoisotopic (exact) mass is 426 g/mol. The van der Waals surface area contributed by atoms with Crippen LogP contribution in [0.25, 0.3) is 0 Å². The molecule has 6 nitrogen and oxygen atoms in total. The summed E-state index contributed by atoms with van der Waals surface area (Å²) in [5.41, 5.74) is -2.39. The second-order valence-electron chi connectivity index (χ2n) is 10.6. The van der Waals surface area contributed by atoms with Crippen molar-refractivity contribution in [1.82, 2.24) is 5.32 Å². The second kappa shape index (κ2) is 7.64. The van der Waals surface area contributed by atoms with Gasteiger partial charge in [0, 0.05) is 5.54 Å². The molecule has 1 amide bonds. The van der Waals surface area contributed by atoms with E-state index >= 15 is 0 Å². The summed E-state index contributed by atoms with van der Waals surface area (Å²) in [7, 11) is 0. The van der Waals surface area contributed by atoms with Gasteiger partial charge in [-0.25, -0.2) is 4.79 Å². The molecule has 0 spiro atoms. The Kier molecular flexibility index (Phi) is 5.99. The Morgan fingerprint density at radius 1 is 1.10 bits per heavy atom. The molecule has 1 heterocycles. The van der Waals surface area contributed by atoms with Crippen molar-refractivity contribution in [3.8, 4) is 0 Å². The highest BCUT2D eigenvalue weighted by Gasteiger charge is 2.61. The second-order valence-corrected chi connectivity index (χ2v) is 11.1. The number of isocyanates is 1. The van der Waals surface area contributed by atoms with Gasteiger partial charge < -0.3 is 15.2 Å². The van der Waals surface area contributed by atoms with Crippen molar-refractivity contribution >= 4 is 24.1 Å².